The van der Waals surface area contributed by atoms with E-state index in [0.717, 1.165) is 5.69 Å². The van der Waals surface area contributed by atoms with Gasteiger partial charge in [-0.15, -0.1) is 11.3 Å². The van der Waals surface area contributed by atoms with Crippen LogP contribution < -0.4 is 16.4 Å². The largest absolute Gasteiger partial charge is 0.444 e. The first-order chi connectivity index (χ1) is 10.3. The lowest BCUT2D eigenvalue weighted by Crippen LogP contribution is -2.27. The Balaban J connectivity index is 1.86. The van der Waals surface area contributed by atoms with Gasteiger partial charge in [0.15, 0.2) is 5.13 Å². The molecule has 2 aromatic rings. The topological polar surface area (TPSA) is 115 Å². The van der Waals surface area contributed by atoms with Crippen LogP contribution in [0.1, 0.15) is 26.5 Å². The molecule has 118 valence electrons. The molecular weight excluding hydrogens is 304 g/mol. The maximum atomic E-state index is 11.6. The summed E-state index contributed by atoms with van der Waals surface area (Å²) in [4.78, 5) is 24.0. The normalized spacial score (nSPS) is 11.0. The van der Waals surface area contributed by atoms with E-state index in [2.05, 4.69) is 25.6 Å². The Morgan fingerprint density at radius 1 is 1.36 bits per heavy atom. The highest BCUT2D eigenvalue weighted by Gasteiger charge is 2.17. The fourth-order valence-electron chi connectivity index (χ4n) is 1.44. The van der Waals surface area contributed by atoms with Crippen LogP contribution >= 0.6 is 11.3 Å². The summed E-state index contributed by atoms with van der Waals surface area (Å²) in [6.45, 7) is 5.85. The lowest BCUT2D eigenvalue weighted by atomic mass is 10.2. The van der Waals surface area contributed by atoms with Crippen molar-refractivity contribution in [1.29, 1.82) is 0 Å². The molecule has 0 radical (unpaired) electrons. The highest BCUT2D eigenvalue weighted by atomic mass is 32.1. The molecule has 0 aliphatic heterocycles. The summed E-state index contributed by atoms with van der Waals surface area (Å²) in [6.07, 6.45) is 2.51. The lowest BCUT2D eigenvalue weighted by Gasteiger charge is -2.18. The minimum absolute atomic E-state index is 0.441. The molecule has 0 aliphatic carbocycles. The number of hydrogen-bond donors (Lipinski definition) is 3. The van der Waals surface area contributed by atoms with Crippen LogP contribution in [0, 0.1) is 0 Å². The Morgan fingerprint density at radius 2 is 2.05 bits per heavy atom. The van der Waals surface area contributed by atoms with Crippen molar-refractivity contribution in [3.05, 3.63) is 23.5 Å². The fraction of sp³-hybridized carbons (Fsp3) is 0.385. The highest BCUT2D eigenvalue weighted by Crippen LogP contribution is 2.17. The summed E-state index contributed by atoms with van der Waals surface area (Å²) in [5, 5.41) is 7.92. The summed E-state index contributed by atoms with van der Waals surface area (Å²) >= 11 is 1.32. The second-order valence-corrected chi connectivity index (χ2v) is 6.32. The van der Waals surface area contributed by atoms with Gasteiger partial charge in [-0.3, -0.25) is 5.32 Å². The number of aromatic nitrogens is 3. The smallest absolute Gasteiger partial charge is 0.413 e. The number of anilines is 3. The molecule has 0 saturated heterocycles. The molecule has 2 rings (SSSR count). The molecule has 9 heteroatoms. The number of carbonyl (C=O) groups is 1. The van der Waals surface area contributed by atoms with Gasteiger partial charge in [0, 0.05) is 5.38 Å². The first-order valence-electron chi connectivity index (χ1n) is 6.57. The van der Waals surface area contributed by atoms with Crippen molar-refractivity contribution in [2.75, 3.05) is 16.4 Å². The van der Waals surface area contributed by atoms with Gasteiger partial charge in [0.1, 0.15) is 5.60 Å². The zero-order valence-corrected chi connectivity index (χ0v) is 13.4. The van der Waals surface area contributed by atoms with E-state index in [1.165, 1.54) is 23.7 Å². The number of nitrogens with two attached hydrogens (primary N) is 1. The Labute approximate surface area is 132 Å². The maximum absolute atomic E-state index is 11.6. The third kappa shape index (κ3) is 5.17. The van der Waals surface area contributed by atoms with Gasteiger partial charge in [0.25, 0.3) is 0 Å². The van der Waals surface area contributed by atoms with Crippen LogP contribution in [0.3, 0.4) is 0 Å². The van der Waals surface area contributed by atoms with Crippen molar-refractivity contribution in [3.63, 3.8) is 0 Å². The minimum atomic E-state index is -0.543. The van der Waals surface area contributed by atoms with Gasteiger partial charge in [-0.2, -0.15) is 0 Å². The summed E-state index contributed by atoms with van der Waals surface area (Å²) in [6, 6.07) is 0. The second-order valence-electron chi connectivity index (χ2n) is 5.46. The maximum Gasteiger partial charge on any atom is 0.413 e. The molecule has 0 unspecified atom stereocenters. The molecule has 0 bridgehead atoms. The van der Waals surface area contributed by atoms with Crippen LogP contribution in [0.5, 0.6) is 0 Å². The lowest BCUT2D eigenvalue weighted by molar-refractivity contribution is 0.0636. The van der Waals surface area contributed by atoms with Crippen LogP contribution in [0.2, 0.25) is 0 Å². The molecule has 22 heavy (non-hydrogen) atoms. The van der Waals surface area contributed by atoms with E-state index in [4.69, 9.17) is 10.5 Å². The van der Waals surface area contributed by atoms with E-state index in [1.807, 2.05) is 5.38 Å². The van der Waals surface area contributed by atoms with Crippen molar-refractivity contribution < 1.29 is 9.53 Å². The minimum Gasteiger partial charge on any atom is -0.444 e. The number of rotatable bonds is 4. The van der Waals surface area contributed by atoms with Gasteiger partial charge in [0.05, 0.1) is 30.3 Å². The number of nitrogen functional groups attached to an aromatic ring is 1. The average molecular weight is 322 g/mol. The number of nitrogens with one attached hydrogen (secondary N) is 2. The predicted molar refractivity (Wildman–Crippen MR) is 85.7 cm³/mol. The Bertz CT molecular complexity index is 635. The summed E-state index contributed by atoms with van der Waals surface area (Å²) < 4.78 is 5.16. The quantitative estimate of drug-likeness (QED) is 0.792. The Hall–Kier alpha value is -2.42. The molecular formula is C13H18N6O2S. The first kappa shape index (κ1) is 16.0. The third-order valence-electron chi connectivity index (χ3n) is 2.26. The first-order valence-corrected chi connectivity index (χ1v) is 7.45. The number of ether oxygens (including phenoxy) is 1. The van der Waals surface area contributed by atoms with E-state index in [9.17, 15) is 4.79 Å². The van der Waals surface area contributed by atoms with Crippen molar-refractivity contribution in [3.8, 4) is 0 Å². The zero-order valence-electron chi connectivity index (χ0n) is 12.6. The van der Waals surface area contributed by atoms with Gasteiger partial charge in [-0.25, -0.2) is 19.7 Å². The van der Waals surface area contributed by atoms with Crippen LogP contribution in [0.4, 0.5) is 21.6 Å². The summed E-state index contributed by atoms with van der Waals surface area (Å²) in [7, 11) is 0. The van der Waals surface area contributed by atoms with E-state index in [-0.39, 0.29) is 0 Å². The van der Waals surface area contributed by atoms with Gasteiger partial charge in [0.2, 0.25) is 5.95 Å². The van der Waals surface area contributed by atoms with E-state index in [0.29, 0.717) is 23.3 Å². The van der Waals surface area contributed by atoms with Crippen LogP contribution in [-0.2, 0) is 11.3 Å². The van der Waals surface area contributed by atoms with Crippen molar-refractivity contribution >= 4 is 34.2 Å². The van der Waals surface area contributed by atoms with Crippen molar-refractivity contribution in [2.24, 2.45) is 0 Å². The van der Waals surface area contributed by atoms with Gasteiger partial charge >= 0.3 is 6.09 Å². The number of amides is 1. The second kappa shape index (κ2) is 6.56. The molecule has 8 nitrogen and oxygen atoms in total. The number of thiazole rings is 1. The monoisotopic (exact) mass is 322 g/mol. The number of hydrogen-bond acceptors (Lipinski definition) is 8. The molecule has 2 heterocycles. The SMILES string of the molecule is CC(C)(C)OC(=O)Nc1nc(CNc2ncc(N)cn2)cs1. The van der Waals surface area contributed by atoms with Crippen molar-refractivity contribution in [2.45, 2.75) is 32.9 Å². The van der Waals surface area contributed by atoms with Gasteiger partial charge < -0.3 is 15.8 Å². The summed E-state index contributed by atoms with van der Waals surface area (Å²) in [5.41, 5.74) is 6.23. The van der Waals surface area contributed by atoms with E-state index >= 15 is 0 Å². The molecule has 0 aromatic carbocycles. The molecule has 0 aliphatic rings. The van der Waals surface area contributed by atoms with Gasteiger partial charge in [-0.1, -0.05) is 0 Å². The standard InChI is InChI=1S/C13H18N6O2S/c1-13(2,3)21-12(20)19-11-18-9(7-22-11)6-17-10-15-4-8(14)5-16-10/h4-5,7H,6,14H2,1-3H3,(H,15,16,17)(H,18,19,20). The molecule has 0 saturated carbocycles. The molecule has 0 spiro atoms. The summed E-state index contributed by atoms with van der Waals surface area (Å²) in [5.74, 6) is 0.462. The van der Waals surface area contributed by atoms with Crippen LogP contribution in [-0.4, -0.2) is 26.6 Å². The zero-order chi connectivity index (χ0) is 16.2. The van der Waals surface area contributed by atoms with Gasteiger partial charge in [-0.05, 0) is 20.8 Å². The highest BCUT2D eigenvalue weighted by molar-refractivity contribution is 7.13. The molecule has 1 amide bonds. The molecule has 4 N–H and O–H groups in total. The average Bonchev–Trinajstić information content (AvgIpc) is 2.83. The molecule has 0 fully saturated rings. The molecule has 2 aromatic heterocycles. The fourth-order valence-corrected chi connectivity index (χ4v) is 2.13. The van der Waals surface area contributed by atoms with Crippen LogP contribution in [0.15, 0.2) is 17.8 Å². The molecule has 0 atom stereocenters. The predicted octanol–water partition coefficient (Wildman–Crippen LogP) is 2.47. The Morgan fingerprint density at radius 3 is 2.68 bits per heavy atom. The number of nitrogens with zero attached hydrogens (tertiary/aromatic N) is 3. The van der Waals surface area contributed by atoms with Crippen molar-refractivity contribution in [1.82, 2.24) is 15.0 Å². The van der Waals surface area contributed by atoms with E-state index in [1.54, 1.807) is 20.8 Å². The van der Waals surface area contributed by atoms with Crippen LogP contribution in [0.25, 0.3) is 0 Å². The third-order valence-corrected chi connectivity index (χ3v) is 3.07. The number of carbonyl (C=O) groups excluding carboxylic acids is 1. The van der Waals surface area contributed by atoms with E-state index < -0.39 is 11.7 Å². The Kier molecular flexibility index (Phi) is 4.76.